The Labute approximate surface area is 73.0 Å². The summed E-state index contributed by atoms with van der Waals surface area (Å²) in [7, 11) is 4.31. The maximum atomic E-state index is 5.71. The fraction of sp³-hybridized carbons (Fsp3) is 0.333. The van der Waals surface area contributed by atoms with Crippen LogP contribution in [-0.4, -0.2) is 17.0 Å². The molecule has 0 N–H and O–H groups in total. The molecule has 11 heavy (non-hydrogen) atoms. The molecule has 1 aromatic heterocycles. The molecule has 60 valence electrons. The number of halogens is 1. The highest BCUT2D eigenvalue weighted by Gasteiger charge is 2.00. The first kappa shape index (κ1) is 8.69. The van der Waals surface area contributed by atoms with Crippen molar-refractivity contribution in [2.24, 2.45) is 0 Å². The van der Waals surface area contributed by atoms with Crippen LogP contribution in [0.3, 0.4) is 0 Å². The third kappa shape index (κ3) is 2.28. The smallest absolute Gasteiger partial charge is 0.229 e. The number of aromatic nitrogens is 2. The normalized spacial score (nSPS) is 9.82. The summed E-state index contributed by atoms with van der Waals surface area (Å²) in [4.78, 5) is 8.14. The number of hydrogen-bond acceptors (Lipinski definition) is 3. The fourth-order valence-electron chi connectivity index (χ4n) is 0.673. The predicted octanol–water partition coefficient (Wildman–Crippen LogP) is 1.66. The zero-order chi connectivity index (χ0) is 8.43. The first-order valence-corrected chi connectivity index (χ1v) is 3.98. The lowest BCUT2D eigenvalue weighted by Crippen LogP contribution is -2.05. The predicted molar refractivity (Wildman–Crippen MR) is 49.9 cm³/mol. The zero-order valence-corrected chi connectivity index (χ0v) is 8.28. The highest BCUT2D eigenvalue weighted by Crippen LogP contribution is 2.14. The summed E-state index contributed by atoms with van der Waals surface area (Å²) in [6.07, 6.45) is 0. The van der Waals surface area contributed by atoms with E-state index in [-0.39, 0.29) is 0 Å². The lowest BCUT2D eigenvalue weighted by molar-refractivity contribution is 1.06. The highest BCUT2D eigenvalue weighted by molar-refractivity contribution is 7.18. The van der Waals surface area contributed by atoms with Crippen LogP contribution in [0.1, 0.15) is 5.69 Å². The molecule has 5 heteroatoms. The molecule has 1 heterocycles. The van der Waals surface area contributed by atoms with Gasteiger partial charge in [-0.3, -0.25) is 0 Å². The molecule has 0 aromatic carbocycles. The van der Waals surface area contributed by atoms with Crippen LogP contribution < -0.4 is 4.67 Å². The Bertz CT molecular complexity index is 244. The molecular formula is C6H9ClN3P. The van der Waals surface area contributed by atoms with Crippen molar-refractivity contribution in [3.63, 3.8) is 0 Å². The van der Waals surface area contributed by atoms with Gasteiger partial charge in [0.25, 0.3) is 0 Å². The van der Waals surface area contributed by atoms with E-state index in [1.807, 2.05) is 14.0 Å². The first-order chi connectivity index (χ1) is 5.09. The second-order valence-corrected chi connectivity index (χ2v) is 3.40. The molecule has 1 aromatic rings. The molecule has 0 amide bonds. The Morgan fingerprint density at radius 1 is 1.55 bits per heavy atom. The lowest BCUT2D eigenvalue weighted by atomic mass is 10.5. The van der Waals surface area contributed by atoms with Crippen LogP contribution in [0, 0.1) is 6.92 Å². The minimum atomic E-state index is 0.474. The van der Waals surface area contributed by atoms with Crippen molar-refractivity contribution in [2.75, 3.05) is 11.7 Å². The summed E-state index contributed by atoms with van der Waals surface area (Å²) >= 11 is 5.71. The third-order valence-corrected chi connectivity index (χ3v) is 1.55. The van der Waals surface area contributed by atoms with Crippen LogP contribution in [-0.2, 0) is 0 Å². The van der Waals surface area contributed by atoms with Crippen molar-refractivity contribution in [3.8, 4) is 0 Å². The fourth-order valence-corrected chi connectivity index (χ4v) is 1.02. The Morgan fingerprint density at radius 2 is 2.18 bits per heavy atom. The largest absolute Gasteiger partial charge is 0.328 e. The Morgan fingerprint density at radius 3 is 2.64 bits per heavy atom. The van der Waals surface area contributed by atoms with Crippen LogP contribution in [0.2, 0.25) is 5.15 Å². The van der Waals surface area contributed by atoms with Crippen LogP contribution >= 0.6 is 21.0 Å². The monoisotopic (exact) mass is 189 g/mol. The van der Waals surface area contributed by atoms with Crippen LogP contribution in [0.5, 0.6) is 0 Å². The van der Waals surface area contributed by atoms with Gasteiger partial charge >= 0.3 is 0 Å². The number of hydrogen-bond donors (Lipinski definition) is 0. The van der Waals surface area contributed by atoms with Gasteiger partial charge in [0.1, 0.15) is 5.15 Å². The Balaban J connectivity index is 3.08. The summed E-state index contributed by atoms with van der Waals surface area (Å²) in [6.45, 7) is 1.88. The molecule has 0 saturated carbocycles. The standard InChI is InChI=1S/C6H9ClN3P/c1-4-3-5(7)9-6(8-4)10(2)11/h3H,11H2,1-2H3. The molecule has 0 aliphatic rings. The van der Waals surface area contributed by atoms with Gasteiger partial charge in [0, 0.05) is 12.7 Å². The van der Waals surface area contributed by atoms with E-state index < -0.39 is 0 Å². The van der Waals surface area contributed by atoms with Crippen LogP contribution in [0.4, 0.5) is 5.95 Å². The SMILES string of the molecule is Cc1cc(Cl)nc(N(C)P)n1. The van der Waals surface area contributed by atoms with Gasteiger partial charge in [-0.1, -0.05) is 11.6 Å². The van der Waals surface area contributed by atoms with Crippen molar-refractivity contribution in [3.05, 3.63) is 16.9 Å². The third-order valence-electron chi connectivity index (χ3n) is 1.13. The van der Waals surface area contributed by atoms with Gasteiger partial charge in [-0.25, -0.2) is 9.97 Å². The summed E-state index contributed by atoms with van der Waals surface area (Å²) in [5, 5.41) is 0.474. The van der Waals surface area contributed by atoms with Gasteiger partial charge in [0.2, 0.25) is 5.95 Å². The van der Waals surface area contributed by atoms with E-state index >= 15 is 0 Å². The molecule has 0 aliphatic heterocycles. The highest BCUT2D eigenvalue weighted by atomic mass is 35.5. The molecule has 0 saturated heterocycles. The summed E-state index contributed by atoms with van der Waals surface area (Å²) in [5.41, 5.74) is 0.870. The van der Waals surface area contributed by atoms with Crippen LogP contribution in [0.15, 0.2) is 6.07 Å². The van der Waals surface area contributed by atoms with Crippen molar-refractivity contribution >= 4 is 26.9 Å². The van der Waals surface area contributed by atoms with E-state index in [0.717, 1.165) is 5.69 Å². The van der Waals surface area contributed by atoms with Gasteiger partial charge in [0.15, 0.2) is 0 Å². The van der Waals surface area contributed by atoms with Gasteiger partial charge in [-0.05, 0) is 22.4 Å². The first-order valence-electron chi connectivity index (χ1n) is 3.09. The van der Waals surface area contributed by atoms with E-state index in [1.165, 1.54) is 0 Å². The van der Waals surface area contributed by atoms with Crippen molar-refractivity contribution < 1.29 is 0 Å². The molecule has 0 radical (unpaired) electrons. The molecule has 1 atom stereocenters. The average molecular weight is 190 g/mol. The van der Waals surface area contributed by atoms with E-state index in [0.29, 0.717) is 11.1 Å². The summed E-state index contributed by atoms with van der Waals surface area (Å²) in [5.74, 6) is 0.611. The average Bonchev–Trinajstić information content (AvgIpc) is 1.85. The number of rotatable bonds is 1. The maximum absolute atomic E-state index is 5.71. The van der Waals surface area contributed by atoms with Crippen molar-refractivity contribution in [1.82, 2.24) is 9.97 Å². The van der Waals surface area contributed by atoms with E-state index in [9.17, 15) is 0 Å². The van der Waals surface area contributed by atoms with Gasteiger partial charge in [0.05, 0.1) is 0 Å². The topological polar surface area (TPSA) is 29.0 Å². The van der Waals surface area contributed by atoms with Crippen molar-refractivity contribution in [1.29, 1.82) is 0 Å². The second-order valence-electron chi connectivity index (χ2n) is 2.24. The second kappa shape index (κ2) is 3.33. The number of anilines is 1. The quantitative estimate of drug-likeness (QED) is 0.497. The molecule has 0 spiro atoms. The molecule has 1 unspecified atom stereocenters. The molecule has 3 nitrogen and oxygen atoms in total. The molecule has 0 aliphatic carbocycles. The molecular weight excluding hydrogens is 181 g/mol. The summed E-state index contributed by atoms with van der Waals surface area (Å²) in [6, 6.07) is 1.72. The molecule has 1 rings (SSSR count). The van der Waals surface area contributed by atoms with Gasteiger partial charge in [-0.2, -0.15) is 0 Å². The number of nitrogens with zero attached hydrogens (tertiary/aromatic N) is 3. The lowest BCUT2D eigenvalue weighted by Gasteiger charge is -2.09. The number of aryl methyl sites for hydroxylation is 1. The Kier molecular flexibility index (Phi) is 2.63. The molecule has 0 fully saturated rings. The van der Waals surface area contributed by atoms with E-state index in [4.69, 9.17) is 11.6 Å². The van der Waals surface area contributed by atoms with Crippen molar-refractivity contribution in [2.45, 2.75) is 6.92 Å². The van der Waals surface area contributed by atoms with Gasteiger partial charge < -0.3 is 4.67 Å². The van der Waals surface area contributed by atoms with E-state index in [1.54, 1.807) is 10.7 Å². The van der Waals surface area contributed by atoms with Gasteiger partial charge in [-0.15, -0.1) is 0 Å². The maximum Gasteiger partial charge on any atom is 0.229 e. The Hall–Kier alpha value is -0.400. The zero-order valence-electron chi connectivity index (χ0n) is 6.37. The molecule has 0 bridgehead atoms. The summed E-state index contributed by atoms with van der Waals surface area (Å²) < 4.78 is 1.74. The minimum Gasteiger partial charge on any atom is -0.328 e. The van der Waals surface area contributed by atoms with E-state index in [2.05, 4.69) is 19.4 Å². The minimum absolute atomic E-state index is 0.474. The van der Waals surface area contributed by atoms with Crippen LogP contribution in [0.25, 0.3) is 0 Å².